The average molecular weight is 413 g/mol. The van der Waals surface area contributed by atoms with Gasteiger partial charge in [-0.25, -0.2) is 0 Å². The fourth-order valence-electron chi connectivity index (χ4n) is 4.07. The fourth-order valence-corrected chi connectivity index (χ4v) is 4.19. The van der Waals surface area contributed by atoms with Crippen molar-refractivity contribution in [1.82, 2.24) is 10.2 Å². The van der Waals surface area contributed by atoms with Gasteiger partial charge >= 0.3 is 0 Å². The van der Waals surface area contributed by atoms with Gasteiger partial charge in [0.1, 0.15) is 0 Å². The lowest BCUT2D eigenvalue weighted by Crippen LogP contribution is -2.43. The molecule has 1 fully saturated rings. The number of rotatable bonds is 6. The number of hydrogen-bond acceptors (Lipinski definition) is 2. The number of benzene rings is 2. The van der Waals surface area contributed by atoms with E-state index < -0.39 is 0 Å². The third-order valence-electron chi connectivity index (χ3n) is 5.69. The first-order valence-electron chi connectivity index (χ1n) is 10.3. The molecule has 29 heavy (non-hydrogen) atoms. The van der Waals surface area contributed by atoms with E-state index in [9.17, 15) is 9.59 Å². The fraction of sp³-hybridized carbons (Fsp3) is 0.417. The second-order valence-corrected chi connectivity index (χ2v) is 8.46. The van der Waals surface area contributed by atoms with E-state index in [0.717, 1.165) is 31.0 Å². The lowest BCUT2D eigenvalue weighted by molar-refractivity contribution is -0.136. The van der Waals surface area contributed by atoms with Gasteiger partial charge in [-0.2, -0.15) is 0 Å². The van der Waals surface area contributed by atoms with E-state index in [2.05, 4.69) is 17.4 Å². The van der Waals surface area contributed by atoms with Crippen LogP contribution in [0.4, 0.5) is 0 Å². The lowest BCUT2D eigenvalue weighted by Gasteiger charge is -2.34. The predicted molar refractivity (Wildman–Crippen MR) is 117 cm³/mol. The quantitative estimate of drug-likeness (QED) is 0.734. The smallest absolute Gasteiger partial charge is 0.251 e. The Morgan fingerprint density at radius 3 is 2.28 bits per heavy atom. The zero-order valence-corrected chi connectivity index (χ0v) is 17.9. The number of nitrogens with one attached hydrogen (secondary N) is 1. The summed E-state index contributed by atoms with van der Waals surface area (Å²) in [5, 5.41) is 3.75. The number of carbonyl (C=O) groups is 2. The van der Waals surface area contributed by atoms with Crippen LogP contribution in [-0.4, -0.2) is 35.8 Å². The molecule has 0 bridgehead atoms. The van der Waals surface area contributed by atoms with Crippen LogP contribution in [0.2, 0.25) is 5.02 Å². The number of piperidine rings is 1. The zero-order chi connectivity index (χ0) is 20.8. The summed E-state index contributed by atoms with van der Waals surface area (Å²) in [5.74, 6) is 0.450. The van der Waals surface area contributed by atoms with Crippen molar-refractivity contribution in [3.63, 3.8) is 0 Å². The monoisotopic (exact) mass is 412 g/mol. The average Bonchev–Trinajstić information content (AvgIpc) is 2.74. The summed E-state index contributed by atoms with van der Waals surface area (Å²) in [6.45, 7) is 5.47. The molecule has 2 amide bonds. The topological polar surface area (TPSA) is 49.4 Å². The Morgan fingerprint density at radius 2 is 1.66 bits per heavy atom. The number of halogens is 1. The number of amides is 2. The number of nitrogens with zero attached hydrogens (tertiary/aromatic N) is 1. The van der Waals surface area contributed by atoms with Gasteiger partial charge in [0.15, 0.2) is 0 Å². The van der Waals surface area contributed by atoms with Crippen LogP contribution < -0.4 is 5.32 Å². The first-order chi connectivity index (χ1) is 13.9. The number of carbonyl (C=O) groups excluding carboxylic acids is 2. The predicted octanol–water partition coefficient (Wildman–Crippen LogP) is 4.89. The molecule has 5 heteroatoms. The molecule has 2 unspecified atom stereocenters. The lowest BCUT2D eigenvalue weighted by atomic mass is 9.89. The van der Waals surface area contributed by atoms with Crippen molar-refractivity contribution in [2.45, 2.75) is 45.1 Å². The van der Waals surface area contributed by atoms with Crippen LogP contribution in [0.1, 0.15) is 54.9 Å². The molecule has 1 heterocycles. The summed E-state index contributed by atoms with van der Waals surface area (Å²) in [4.78, 5) is 27.1. The van der Waals surface area contributed by atoms with E-state index in [1.54, 1.807) is 12.1 Å². The van der Waals surface area contributed by atoms with Crippen molar-refractivity contribution in [2.75, 3.05) is 13.1 Å². The van der Waals surface area contributed by atoms with Gasteiger partial charge in [-0.05, 0) is 61.9 Å². The molecule has 3 rings (SSSR count). The Labute approximate surface area is 178 Å². The molecular weight excluding hydrogens is 384 g/mol. The van der Waals surface area contributed by atoms with E-state index in [-0.39, 0.29) is 23.8 Å². The van der Waals surface area contributed by atoms with E-state index in [1.165, 1.54) is 5.56 Å². The van der Waals surface area contributed by atoms with Crippen LogP contribution in [0.25, 0.3) is 0 Å². The van der Waals surface area contributed by atoms with E-state index in [4.69, 9.17) is 11.6 Å². The van der Waals surface area contributed by atoms with E-state index in [0.29, 0.717) is 17.9 Å². The van der Waals surface area contributed by atoms with E-state index in [1.807, 2.05) is 49.1 Å². The molecule has 154 valence electrons. The van der Waals surface area contributed by atoms with Gasteiger partial charge in [0.25, 0.3) is 5.91 Å². The van der Waals surface area contributed by atoms with Crippen LogP contribution in [-0.2, 0) is 4.79 Å². The Morgan fingerprint density at radius 1 is 1.03 bits per heavy atom. The largest absolute Gasteiger partial charge is 0.350 e. The minimum absolute atomic E-state index is 0.0618. The summed E-state index contributed by atoms with van der Waals surface area (Å²) in [5.41, 5.74) is 1.94. The van der Waals surface area contributed by atoms with Gasteiger partial charge in [0.05, 0.1) is 0 Å². The molecule has 2 atom stereocenters. The first-order valence-corrected chi connectivity index (χ1v) is 10.7. The van der Waals surface area contributed by atoms with Crippen molar-refractivity contribution >= 4 is 23.4 Å². The molecule has 1 aliphatic heterocycles. The van der Waals surface area contributed by atoms with Gasteiger partial charge in [-0.15, -0.1) is 0 Å². The maximum absolute atomic E-state index is 12.9. The van der Waals surface area contributed by atoms with Crippen molar-refractivity contribution in [1.29, 1.82) is 0 Å². The van der Waals surface area contributed by atoms with Crippen molar-refractivity contribution in [3.05, 3.63) is 70.7 Å². The van der Waals surface area contributed by atoms with Crippen LogP contribution in [0, 0.1) is 5.92 Å². The molecule has 1 N–H and O–H groups in total. The minimum atomic E-state index is -0.117. The Hall–Kier alpha value is -2.33. The summed E-state index contributed by atoms with van der Waals surface area (Å²) in [6.07, 6.45) is 2.58. The minimum Gasteiger partial charge on any atom is -0.350 e. The number of hydrogen-bond donors (Lipinski definition) is 1. The molecule has 2 aromatic carbocycles. The second-order valence-electron chi connectivity index (χ2n) is 8.03. The third kappa shape index (κ3) is 5.83. The molecule has 2 aromatic rings. The molecule has 0 radical (unpaired) electrons. The summed E-state index contributed by atoms with van der Waals surface area (Å²) < 4.78 is 0. The summed E-state index contributed by atoms with van der Waals surface area (Å²) >= 11 is 5.98. The van der Waals surface area contributed by atoms with Crippen LogP contribution >= 0.6 is 11.6 Å². The highest BCUT2D eigenvalue weighted by atomic mass is 35.5. The van der Waals surface area contributed by atoms with Crippen molar-refractivity contribution in [2.24, 2.45) is 5.92 Å². The highest BCUT2D eigenvalue weighted by Crippen LogP contribution is 2.29. The van der Waals surface area contributed by atoms with Gasteiger partial charge in [0.2, 0.25) is 5.91 Å². The molecule has 0 aromatic heterocycles. The first kappa shape index (κ1) is 21.4. The van der Waals surface area contributed by atoms with Crippen molar-refractivity contribution in [3.8, 4) is 0 Å². The SMILES string of the molecule is CC(CC(C)C(=O)N1CCC(c2ccc(Cl)cc2)CC1)NC(=O)c1ccccc1. The van der Waals surface area contributed by atoms with Crippen molar-refractivity contribution < 1.29 is 9.59 Å². The summed E-state index contributed by atoms with van der Waals surface area (Å²) in [7, 11) is 0. The van der Waals surface area contributed by atoms with Crippen LogP contribution in [0.3, 0.4) is 0 Å². The molecule has 1 saturated heterocycles. The maximum Gasteiger partial charge on any atom is 0.251 e. The Kier molecular flexibility index (Phi) is 7.32. The van der Waals surface area contributed by atoms with E-state index >= 15 is 0 Å². The van der Waals surface area contributed by atoms with Gasteiger partial charge < -0.3 is 10.2 Å². The molecular formula is C24H29ClN2O2. The van der Waals surface area contributed by atoms with Gasteiger partial charge in [0, 0.05) is 35.6 Å². The molecule has 4 nitrogen and oxygen atoms in total. The highest BCUT2D eigenvalue weighted by Gasteiger charge is 2.27. The van der Waals surface area contributed by atoms with Gasteiger partial charge in [-0.3, -0.25) is 9.59 Å². The molecule has 0 aliphatic carbocycles. The molecule has 1 aliphatic rings. The Balaban J connectivity index is 1.46. The zero-order valence-electron chi connectivity index (χ0n) is 17.1. The number of likely N-dealkylation sites (tertiary alicyclic amines) is 1. The highest BCUT2D eigenvalue weighted by molar-refractivity contribution is 6.30. The summed E-state index contributed by atoms with van der Waals surface area (Å²) in [6, 6.07) is 17.1. The Bertz CT molecular complexity index is 815. The van der Waals surface area contributed by atoms with Gasteiger partial charge in [-0.1, -0.05) is 48.9 Å². The second kappa shape index (κ2) is 9.93. The molecule has 0 saturated carbocycles. The standard InChI is InChI=1S/C24H29ClN2O2/c1-17(16-18(2)26-23(28)21-6-4-3-5-7-21)24(29)27-14-12-20(13-15-27)19-8-10-22(25)11-9-19/h3-11,17-18,20H,12-16H2,1-2H3,(H,26,28). The van der Waals surface area contributed by atoms with Crippen LogP contribution in [0.15, 0.2) is 54.6 Å². The molecule has 0 spiro atoms. The van der Waals surface area contributed by atoms with Crippen LogP contribution in [0.5, 0.6) is 0 Å². The normalized spacial score (nSPS) is 16.9. The maximum atomic E-state index is 12.9. The third-order valence-corrected chi connectivity index (χ3v) is 5.94.